The Labute approximate surface area is 124 Å². The molecule has 0 radical (unpaired) electrons. The summed E-state index contributed by atoms with van der Waals surface area (Å²) < 4.78 is 0. The fourth-order valence-corrected chi connectivity index (χ4v) is 6.22. The van der Waals surface area contributed by atoms with E-state index >= 15 is 0 Å². The normalized spacial score (nSPS) is 46.6. The van der Waals surface area contributed by atoms with Gasteiger partial charge in [-0.15, -0.1) is 0 Å². The molecule has 108 valence electrons. The molecule has 0 heteroatoms. The summed E-state index contributed by atoms with van der Waals surface area (Å²) in [5, 5.41) is 0. The summed E-state index contributed by atoms with van der Waals surface area (Å²) in [4.78, 5) is 0. The van der Waals surface area contributed by atoms with Crippen molar-refractivity contribution in [1.29, 1.82) is 0 Å². The molecule has 4 aliphatic rings. The Morgan fingerprint density at radius 2 is 2.10 bits per heavy atom. The number of hydrogen-bond acceptors (Lipinski definition) is 0. The van der Waals surface area contributed by atoms with Gasteiger partial charge in [-0.2, -0.15) is 0 Å². The van der Waals surface area contributed by atoms with Gasteiger partial charge in [-0.1, -0.05) is 37.3 Å². The summed E-state index contributed by atoms with van der Waals surface area (Å²) >= 11 is 0. The lowest BCUT2D eigenvalue weighted by molar-refractivity contribution is 0.0105. The van der Waals surface area contributed by atoms with Crippen molar-refractivity contribution in [2.75, 3.05) is 0 Å². The maximum absolute atomic E-state index is 4.07. The predicted octanol–water partition coefficient (Wildman–Crippen LogP) is 5.67. The second-order valence-electron chi connectivity index (χ2n) is 7.84. The van der Waals surface area contributed by atoms with Crippen LogP contribution in [0.3, 0.4) is 0 Å². The van der Waals surface area contributed by atoms with Gasteiger partial charge >= 0.3 is 0 Å². The first-order valence-corrected chi connectivity index (χ1v) is 8.76. The lowest BCUT2D eigenvalue weighted by Crippen LogP contribution is -2.45. The minimum Gasteiger partial charge on any atom is -0.0988 e. The third kappa shape index (κ3) is 1.66. The van der Waals surface area contributed by atoms with Crippen molar-refractivity contribution >= 4 is 0 Å². The summed E-state index contributed by atoms with van der Waals surface area (Å²) in [6, 6.07) is 0. The van der Waals surface area contributed by atoms with Crippen LogP contribution in [0.4, 0.5) is 0 Å². The Hall–Kier alpha value is -0.780. The van der Waals surface area contributed by atoms with Crippen LogP contribution >= 0.6 is 0 Å². The first-order chi connectivity index (χ1) is 9.74. The van der Waals surface area contributed by atoms with E-state index in [9.17, 15) is 0 Å². The van der Waals surface area contributed by atoms with Gasteiger partial charge in [0.25, 0.3) is 0 Å². The van der Waals surface area contributed by atoms with Crippen LogP contribution in [-0.4, -0.2) is 0 Å². The van der Waals surface area contributed by atoms with Crippen molar-refractivity contribution in [2.24, 2.45) is 29.1 Å². The minimum absolute atomic E-state index is 0.457. The fourth-order valence-electron chi connectivity index (χ4n) is 6.22. The Kier molecular flexibility index (Phi) is 2.98. The van der Waals surface area contributed by atoms with E-state index in [4.69, 9.17) is 0 Å². The van der Waals surface area contributed by atoms with Gasteiger partial charge in [0.15, 0.2) is 0 Å². The highest BCUT2D eigenvalue weighted by Gasteiger charge is 2.52. The van der Waals surface area contributed by atoms with Crippen LogP contribution < -0.4 is 0 Å². The van der Waals surface area contributed by atoms with E-state index in [0.29, 0.717) is 5.41 Å². The van der Waals surface area contributed by atoms with E-state index in [1.54, 1.807) is 5.57 Å². The molecular formula is C20H28. The zero-order valence-electron chi connectivity index (χ0n) is 12.9. The van der Waals surface area contributed by atoms with E-state index < -0.39 is 0 Å². The summed E-state index contributed by atoms with van der Waals surface area (Å²) in [7, 11) is 0. The molecule has 0 amide bonds. The molecule has 0 aromatic rings. The zero-order chi connectivity index (χ0) is 13.7. The van der Waals surface area contributed by atoms with Gasteiger partial charge in [-0.3, -0.25) is 0 Å². The van der Waals surface area contributed by atoms with Crippen molar-refractivity contribution in [3.8, 4) is 0 Å². The molecule has 20 heavy (non-hydrogen) atoms. The van der Waals surface area contributed by atoms with Crippen molar-refractivity contribution in [3.63, 3.8) is 0 Å². The van der Waals surface area contributed by atoms with E-state index in [1.165, 1.54) is 51.4 Å². The molecule has 2 fully saturated rings. The largest absolute Gasteiger partial charge is 0.0988 e. The average molecular weight is 268 g/mol. The van der Waals surface area contributed by atoms with Crippen LogP contribution in [0.1, 0.15) is 58.3 Å². The van der Waals surface area contributed by atoms with Gasteiger partial charge in [-0.05, 0) is 86.0 Å². The average Bonchev–Trinajstić information content (AvgIpc) is 2.83. The van der Waals surface area contributed by atoms with Crippen LogP contribution in [0, 0.1) is 29.1 Å². The molecule has 3 unspecified atom stereocenters. The van der Waals surface area contributed by atoms with Gasteiger partial charge in [-0.25, -0.2) is 0 Å². The molecule has 0 saturated heterocycles. The van der Waals surface area contributed by atoms with Crippen LogP contribution in [0.5, 0.6) is 0 Å². The second-order valence-corrected chi connectivity index (χ2v) is 7.84. The van der Waals surface area contributed by atoms with Gasteiger partial charge < -0.3 is 0 Å². The minimum atomic E-state index is 0.457. The second kappa shape index (κ2) is 4.61. The Balaban J connectivity index is 1.64. The first kappa shape index (κ1) is 12.9. The molecule has 4 aliphatic carbocycles. The maximum atomic E-state index is 4.07. The summed E-state index contributed by atoms with van der Waals surface area (Å²) in [5.74, 6) is 3.87. The fraction of sp³-hybridized carbons (Fsp3) is 0.700. The molecule has 0 aliphatic heterocycles. The number of rotatable bonds is 1. The lowest BCUT2D eigenvalue weighted by atomic mass is 9.51. The standard InChI is InChI=1S/C20H28/c1-3-15-9-11-19-18-10-8-14-6-4-5-7-16(14)17(18)12-13-20(15,19)2/h3,6,9,16-19H,1,4-5,7-8,10-13H2,2H3/t16-,17?,18?,19?,20+/m0/s1. The quantitative estimate of drug-likeness (QED) is 0.537. The molecule has 0 bridgehead atoms. The van der Waals surface area contributed by atoms with Crippen molar-refractivity contribution in [3.05, 3.63) is 36.0 Å². The highest BCUT2D eigenvalue weighted by Crippen LogP contribution is 2.62. The highest BCUT2D eigenvalue weighted by atomic mass is 14.6. The van der Waals surface area contributed by atoms with E-state index in [1.807, 2.05) is 5.57 Å². The monoisotopic (exact) mass is 268 g/mol. The number of hydrogen-bond donors (Lipinski definition) is 0. The van der Waals surface area contributed by atoms with E-state index in [0.717, 1.165) is 23.7 Å². The zero-order valence-corrected chi connectivity index (χ0v) is 12.9. The predicted molar refractivity (Wildman–Crippen MR) is 85.4 cm³/mol. The number of fused-ring (bicyclic) bond motifs is 5. The molecule has 0 spiro atoms. The molecule has 2 saturated carbocycles. The highest BCUT2D eigenvalue weighted by molar-refractivity contribution is 5.33. The van der Waals surface area contributed by atoms with Crippen molar-refractivity contribution < 1.29 is 0 Å². The van der Waals surface area contributed by atoms with Gasteiger partial charge in [0.1, 0.15) is 0 Å². The summed E-state index contributed by atoms with van der Waals surface area (Å²) in [6.07, 6.45) is 18.6. The van der Waals surface area contributed by atoms with E-state index in [-0.39, 0.29) is 0 Å². The topological polar surface area (TPSA) is 0 Å². The molecule has 4 rings (SSSR count). The SMILES string of the molecule is C=CC1=CCC2C3CCC4=CCCC[C@@H]4C3CC[C@]12C. The van der Waals surface area contributed by atoms with Gasteiger partial charge in [0, 0.05) is 0 Å². The van der Waals surface area contributed by atoms with Crippen LogP contribution in [-0.2, 0) is 0 Å². The molecule has 5 atom stereocenters. The summed E-state index contributed by atoms with van der Waals surface area (Å²) in [6.45, 7) is 6.60. The molecular weight excluding hydrogens is 240 g/mol. The molecule has 0 aromatic carbocycles. The molecule has 0 nitrogen and oxygen atoms in total. The maximum Gasteiger partial charge on any atom is -0.00446 e. The van der Waals surface area contributed by atoms with Crippen LogP contribution in [0.25, 0.3) is 0 Å². The van der Waals surface area contributed by atoms with E-state index in [2.05, 4.69) is 31.7 Å². The smallest absolute Gasteiger partial charge is 0.00446 e. The van der Waals surface area contributed by atoms with Gasteiger partial charge in [0.05, 0.1) is 0 Å². The van der Waals surface area contributed by atoms with Crippen LogP contribution in [0.15, 0.2) is 36.0 Å². The third-order valence-corrected chi connectivity index (χ3v) is 7.24. The van der Waals surface area contributed by atoms with Gasteiger partial charge in [0.2, 0.25) is 0 Å². The van der Waals surface area contributed by atoms with Crippen molar-refractivity contribution in [1.82, 2.24) is 0 Å². The Bertz CT molecular complexity index is 480. The van der Waals surface area contributed by atoms with Crippen molar-refractivity contribution in [2.45, 2.75) is 58.3 Å². The van der Waals surface area contributed by atoms with Crippen LogP contribution in [0.2, 0.25) is 0 Å². The molecule has 0 aromatic heterocycles. The molecule has 0 heterocycles. The third-order valence-electron chi connectivity index (χ3n) is 7.24. The lowest BCUT2D eigenvalue weighted by Gasteiger charge is -2.53. The Morgan fingerprint density at radius 3 is 2.95 bits per heavy atom. The molecule has 0 N–H and O–H groups in total. The Morgan fingerprint density at radius 1 is 1.20 bits per heavy atom. The summed E-state index contributed by atoms with van der Waals surface area (Å²) in [5.41, 5.74) is 3.86. The number of allylic oxidation sites excluding steroid dienone is 5. The first-order valence-electron chi connectivity index (χ1n) is 8.76.